The van der Waals surface area contributed by atoms with Gasteiger partial charge in [0.15, 0.2) is 0 Å². The molecule has 0 aromatic carbocycles. The van der Waals surface area contributed by atoms with Crippen molar-refractivity contribution >= 4 is 6.29 Å². The minimum absolute atomic E-state index is 0. The third-order valence-corrected chi connectivity index (χ3v) is 2.75. The molecule has 0 fully saturated rings. The molecule has 1 aliphatic carbocycles. The summed E-state index contributed by atoms with van der Waals surface area (Å²) < 4.78 is 0. The maximum Gasteiger partial charge on any atom is 0 e. The SMILES string of the molecule is CC1=C(C)C(C)C([C-]=O)=C1C.F.F.[Co]. The minimum atomic E-state index is 0. The van der Waals surface area contributed by atoms with Crippen molar-refractivity contribution in [1.82, 2.24) is 0 Å². The van der Waals surface area contributed by atoms with Crippen molar-refractivity contribution in [2.24, 2.45) is 5.92 Å². The number of carbonyl (C=O) groups excluding carboxylic acids is 1. The van der Waals surface area contributed by atoms with Gasteiger partial charge < -0.3 is 4.79 Å². The van der Waals surface area contributed by atoms with Gasteiger partial charge in [0, 0.05) is 16.8 Å². The van der Waals surface area contributed by atoms with Gasteiger partial charge in [0.05, 0.1) is 0 Å². The molecule has 0 heterocycles. The van der Waals surface area contributed by atoms with Crippen molar-refractivity contribution < 1.29 is 31.0 Å². The quantitative estimate of drug-likeness (QED) is 0.652. The zero-order chi connectivity index (χ0) is 8.59. The molecule has 0 aliphatic heterocycles. The van der Waals surface area contributed by atoms with Gasteiger partial charge in [0.1, 0.15) is 0 Å². The van der Waals surface area contributed by atoms with Crippen LogP contribution in [0.25, 0.3) is 0 Å². The third-order valence-electron chi connectivity index (χ3n) is 2.75. The van der Waals surface area contributed by atoms with E-state index in [0.29, 0.717) is 0 Å². The molecular weight excluding hydrogens is 233 g/mol. The van der Waals surface area contributed by atoms with Gasteiger partial charge in [-0.05, 0) is 19.1 Å². The van der Waals surface area contributed by atoms with Crippen LogP contribution in [0.15, 0.2) is 22.3 Å². The van der Waals surface area contributed by atoms with Gasteiger partial charge in [0.2, 0.25) is 0 Å². The largest absolute Gasteiger partial charge is 0.419 e. The molecule has 0 aromatic rings. The first kappa shape index (κ1) is 19.1. The van der Waals surface area contributed by atoms with Crippen LogP contribution in [0.1, 0.15) is 27.7 Å². The predicted molar refractivity (Wildman–Crippen MR) is 50.9 cm³/mol. The summed E-state index contributed by atoms with van der Waals surface area (Å²) in [7, 11) is 0. The molecule has 1 radical (unpaired) electrons. The third kappa shape index (κ3) is 2.75. The Kier molecular flexibility index (Phi) is 9.43. The van der Waals surface area contributed by atoms with E-state index >= 15 is 0 Å². The standard InChI is InChI=1S/C10H13O.Co.2FH/c1-6-7(2)9(4)10(5-11)8(6)3;;;/h8H,1-4H3;;2*1H/q-1;;;. The Morgan fingerprint density at radius 3 is 1.64 bits per heavy atom. The van der Waals surface area contributed by atoms with Crippen molar-refractivity contribution in [3.05, 3.63) is 22.3 Å². The smallest absolute Gasteiger partial charge is 0 e. The Morgan fingerprint density at radius 2 is 1.50 bits per heavy atom. The van der Waals surface area contributed by atoms with Crippen LogP contribution in [-0.4, -0.2) is 6.29 Å². The topological polar surface area (TPSA) is 17.1 Å². The second kappa shape index (κ2) is 6.90. The Hall–Kier alpha value is -0.484. The number of allylic oxidation sites excluding steroid dienone is 4. The summed E-state index contributed by atoms with van der Waals surface area (Å²) in [4.78, 5) is 10.5. The van der Waals surface area contributed by atoms with Gasteiger partial charge in [0.25, 0.3) is 0 Å². The Balaban J connectivity index is -0.000000403. The molecule has 0 N–H and O–H groups in total. The number of rotatable bonds is 1. The fourth-order valence-corrected chi connectivity index (χ4v) is 1.53. The summed E-state index contributed by atoms with van der Waals surface area (Å²) in [6, 6.07) is 0. The van der Waals surface area contributed by atoms with E-state index in [1.165, 1.54) is 11.1 Å². The van der Waals surface area contributed by atoms with Crippen LogP contribution in [-0.2, 0) is 21.6 Å². The summed E-state index contributed by atoms with van der Waals surface area (Å²) in [6.45, 7) is 8.18. The van der Waals surface area contributed by atoms with Gasteiger partial charge in [-0.1, -0.05) is 19.4 Å². The molecule has 14 heavy (non-hydrogen) atoms. The monoisotopic (exact) mass is 248 g/mol. The van der Waals surface area contributed by atoms with E-state index < -0.39 is 0 Å². The van der Waals surface area contributed by atoms with Crippen molar-refractivity contribution in [3.8, 4) is 0 Å². The summed E-state index contributed by atoms with van der Waals surface area (Å²) in [6.07, 6.45) is 2.01. The molecule has 1 unspecified atom stereocenters. The molecule has 4 heteroatoms. The second-order valence-corrected chi connectivity index (χ2v) is 3.17. The molecule has 1 nitrogen and oxygen atoms in total. The Bertz CT molecular complexity index is 269. The molecule has 0 saturated heterocycles. The molecule has 0 saturated carbocycles. The minimum Gasteiger partial charge on any atom is -0.419 e. The maximum absolute atomic E-state index is 10.5. The summed E-state index contributed by atoms with van der Waals surface area (Å²) in [5, 5.41) is 0. The van der Waals surface area contributed by atoms with Crippen molar-refractivity contribution in [1.29, 1.82) is 0 Å². The number of halogens is 2. The van der Waals surface area contributed by atoms with E-state index in [1.807, 2.05) is 13.2 Å². The Labute approximate surface area is 93.6 Å². The fraction of sp³-hybridized carbons (Fsp3) is 0.500. The first-order valence-corrected chi connectivity index (χ1v) is 3.86. The Morgan fingerprint density at radius 1 is 1.07 bits per heavy atom. The van der Waals surface area contributed by atoms with E-state index in [1.54, 1.807) is 0 Å². The predicted octanol–water partition coefficient (Wildman–Crippen LogP) is 2.70. The van der Waals surface area contributed by atoms with Gasteiger partial charge >= 0.3 is 0 Å². The molecule has 1 atom stereocenters. The van der Waals surface area contributed by atoms with Crippen LogP contribution >= 0.6 is 0 Å². The van der Waals surface area contributed by atoms with Crippen molar-refractivity contribution in [3.63, 3.8) is 0 Å². The van der Waals surface area contributed by atoms with Crippen LogP contribution in [0, 0.1) is 5.92 Å². The summed E-state index contributed by atoms with van der Waals surface area (Å²) in [5.74, 6) is 0.285. The number of hydrogen-bond donors (Lipinski definition) is 0. The summed E-state index contributed by atoms with van der Waals surface area (Å²) >= 11 is 0. The zero-order valence-corrected chi connectivity index (χ0v) is 9.68. The van der Waals surface area contributed by atoms with Crippen LogP contribution < -0.4 is 0 Å². The molecule has 0 spiro atoms. The molecular formula is C10H15CoF2O-. The van der Waals surface area contributed by atoms with Gasteiger partial charge in [-0.2, -0.15) is 11.1 Å². The number of hydrogen-bond acceptors (Lipinski definition) is 1. The molecule has 1 rings (SSSR count). The maximum atomic E-state index is 10.5. The fourth-order valence-electron chi connectivity index (χ4n) is 1.53. The average molecular weight is 248 g/mol. The van der Waals surface area contributed by atoms with Gasteiger partial charge in [-0.25, -0.2) is 0 Å². The second-order valence-electron chi connectivity index (χ2n) is 3.17. The molecule has 0 aromatic heterocycles. The average Bonchev–Trinajstić information content (AvgIpc) is 2.17. The van der Waals surface area contributed by atoms with Crippen molar-refractivity contribution in [2.75, 3.05) is 0 Å². The first-order valence-electron chi connectivity index (χ1n) is 3.86. The van der Waals surface area contributed by atoms with E-state index in [9.17, 15) is 4.79 Å². The van der Waals surface area contributed by atoms with Crippen LogP contribution in [0.2, 0.25) is 0 Å². The zero-order valence-electron chi connectivity index (χ0n) is 8.64. The van der Waals surface area contributed by atoms with E-state index in [0.717, 1.165) is 11.1 Å². The van der Waals surface area contributed by atoms with E-state index in [4.69, 9.17) is 0 Å². The normalized spacial score (nSPS) is 19.6. The molecule has 0 amide bonds. The molecule has 1 aliphatic rings. The van der Waals surface area contributed by atoms with Gasteiger partial charge in [-0.3, -0.25) is 9.41 Å². The van der Waals surface area contributed by atoms with Crippen LogP contribution in [0.5, 0.6) is 0 Å². The molecule has 85 valence electrons. The summed E-state index contributed by atoms with van der Waals surface area (Å²) in [5.41, 5.74) is 4.52. The van der Waals surface area contributed by atoms with E-state index in [2.05, 4.69) is 20.8 Å². The molecule has 0 bridgehead atoms. The van der Waals surface area contributed by atoms with Crippen LogP contribution in [0.4, 0.5) is 9.41 Å². The first-order chi connectivity index (χ1) is 5.09. The van der Waals surface area contributed by atoms with E-state index in [-0.39, 0.29) is 32.1 Å². The van der Waals surface area contributed by atoms with Gasteiger partial charge in [-0.15, -0.1) is 12.5 Å². The van der Waals surface area contributed by atoms with Crippen LogP contribution in [0.3, 0.4) is 0 Å². The van der Waals surface area contributed by atoms with Crippen molar-refractivity contribution in [2.45, 2.75) is 27.7 Å².